The van der Waals surface area contributed by atoms with Crippen LogP contribution in [0.15, 0.2) is 23.2 Å². The van der Waals surface area contributed by atoms with Gasteiger partial charge in [-0.2, -0.15) is 0 Å². The highest BCUT2D eigenvalue weighted by molar-refractivity contribution is 8.13. The van der Waals surface area contributed by atoms with Crippen molar-refractivity contribution in [1.82, 2.24) is 4.90 Å². The summed E-state index contributed by atoms with van der Waals surface area (Å²) in [5.74, 6) is 8.34. The fourth-order valence-electron chi connectivity index (χ4n) is 6.80. The van der Waals surface area contributed by atoms with Gasteiger partial charge in [0.1, 0.15) is 0 Å². The molecule has 3 aliphatic heterocycles. The lowest BCUT2D eigenvalue weighted by molar-refractivity contribution is -0.141. The number of hydrogen-bond acceptors (Lipinski definition) is 6. The Balaban J connectivity index is 1.31. The molecule has 1 aromatic rings. The summed E-state index contributed by atoms with van der Waals surface area (Å²) in [6.45, 7) is 2.20. The first-order valence-corrected chi connectivity index (χ1v) is 15.0. The number of carbonyl (C=O) groups is 1. The van der Waals surface area contributed by atoms with E-state index in [1.165, 1.54) is 18.4 Å². The van der Waals surface area contributed by atoms with E-state index in [4.69, 9.17) is 19.2 Å². The molecule has 3 aliphatic carbocycles. The van der Waals surface area contributed by atoms with Gasteiger partial charge in [0, 0.05) is 43.0 Å². The second-order valence-corrected chi connectivity index (χ2v) is 12.7. The average molecular weight is 521 g/mol. The maximum absolute atomic E-state index is 14.8. The number of nitrogens with zero attached hydrogens (tertiary/aromatic N) is 2. The van der Waals surface area contributed by atoms with Crippen molar-refractivity contribution >= 4 is 22.8 Å². The smallest absolute Gasteiger partial charge is 0.261 e. The van der Waals surface area contributed by atoms with Gasteiger partial charge in [-0.25, -0.2) is 4.99 Å². The van der Waals surface area contributed by atoms with E-state index in [1.807, 2.05) is 12.0 Å². The summed E-state index contributed by atoms with van der Waals surface area (Å²) in [4.78, 5) is 22.2. The van der Waals surface area contributed by atoms with Crippen molar-refractivity contribution in [1.29, 1.82) is 0 Å². The van der Waals surface area contributed by atoms with Crippen LogP contribution in [0.2, 0.25) is 0 Å². The van der Waals surface area contributed by atoms with Crippen LogP contribution >= 0.6 is 11.8 Å². The number of thioether (sulfide) groups is 1. The standard InChI is InChI=1S/C30H36N2O4S/c1-34-23-8-12-29(13-9-23)17-22-7-6-21(5-4-20-2-3-20)16-26(22)30(29)27(33)32(18-24-10-14-35-24)28(31-30)37-19-25-11-15-36-25/h6-7,16,20,23-25H,2-3,8-15,17-19H2,1H3. The van der Waals surface area contributed by atoms with E-state index >= 15 is 0 Å². The maximum Gasteiger partial charge on any atom is 0.261 e. The van der Waals surface area contributed by atoms with Crippen LogP contribution in [0.1, 0.15) is 68.1 Å². The summed E-state index contributed by atoms with van der Waals surface area (Å²) in [5.41, 5.74) is 2.25. The Morgan fingerprint density at radius 1 is 1.11 bits per heavy atom. The molecule has 1 amide bonds. The van der Waals surface area contributed by atoms with Gasteiger partial charge in [0.05, 0.1) is 24.9 Å². The predicted octanol–water partition coefficient (Wildman–Crippen LogP) is 4.28. The lowest BCUT2D eigenvalue weighted by Crippen LogP contribution is -2.53. The van der Waals surface area contributed by atoms with Crippen molar-refractivity contribution in [3.05, 3.63) is 34.9 Å². The molecule has 6 nitrogen and oxygen atoms in total. The minimum Gasteiger partial charge on any atom is -0.381 e. The number of fused-ring (bicyclic) bond motifs is 3. The normalized spacial score (nSPS) is 36.1. The van der Waals surface area contributed by atoms with E-state index in [-0.39, 0.29) is 29.6 Å². The number of carbonyl (C=O) groups excluding carboxylic acids is 1. The first-order chi connectivity index (χ1) is 18.1. The van der Waals surface area contributed by atoms with E-state index in [0.717, 1.165) is 80.2 Å². The predicted molar refractivity (Wildman–Crippen MR) is 143 cm³/mol. The minimum atomic E-state index is -0.884. The van der Waals surface area contributed by atoms with Gasteiger partial charge in [0.2, 0.25) is 0 Å². The molecule has 0 aromatic heterocycles. The number of amides is 1. The van der Waals surface area contributed by atoms with Crippen molar-refractivity contribution in [2.75, 3.05) is 32.6 Å². The van der Waals surface area contributed by atoms with Gasteiger partial charge >= 0.3 is 0 Å². The molecule has 37 heavy (non-hydrogen) atoms. The number of benzene rings is 1. The summed E-state index contributed by atoms with van der Waals surface area (Å²) in [6.07, 6.45) is 9.81. The molecule has 2 spiro atoms. The fourth-order valence-corrected chi connectivity index (χ4v) is 7.91. The monoisotopic (exact) mass is 520 g/mol. The zero-order valence-corrected chi connectivity index (χ0v) is 22.5. The van der Waals surface area contributed by atoms with Crippen LogP contribution in [0.25, 0.3) is 0 Å². The Hall–Kier alpha value is -1.85. The summed E-state index contributed by atoms with van der Waals surface area (Å²) >= 11 is 1.69. The van der Waals surface area contributed by atoms with E-state index in [2.05, 4.69) is 30.0 Å². The van der Waals surface area contributed by atoms with Crippen molar-refractivity contribution in [2.45, 2.75) is 81.6 Å². The number of rotatable bonds is 5. The second kappa shape index (κ2) is 9.41. The highest BCUT2D eigenvalue weighted by atomic mass is 32.2. The van der Waals surface area contributed by atoms with Crippen molar-refractivity contribution in [3.63, 3.8) is 0 Å². The molecule has 7 rings (SSSR count). The first-order valence-electron chi connectivity index (χ1n) is 14.1. The fraction of sp³-hybridized carbons (Fsp3) is 0.667. The van der Waals surface area contributed by atoms with E-state index in [1.54, 1.807) is 11.8 Å². The largest absolute Gasteiger partial charge is 0.381 e. The molecule has 1 aromatic carbocycles. The van der Waals surface area contributed by atoms with Crippen LogP contribution in [0, 0.1) is 23.2 Å². The van der Waals surface area contributed by atoms with Crippen LogP contribution in [0.3, 0.4) is 0 Å². The third kappa shape index (κ3) is 4.07. The molecule has 0 bridgehead atoms. The molecule has 6 aliphatic rings. The maximum atomic E-state index is 14.8. The van der Waals surface area contributed by atoms with Gasteiger partial charge in [-0.05, 0) is 81.0 Å². The van der Waals surface area contributed by atoms with E-state index in [0.29, 0.717) is 12.5 Å². The van der Waals surface area contributed by atoms with Crippen LogP contribution in [0.5, 0.6) is 0 Å². The molecule has 0 radical (unpaired) electrons. The number of amidine groups is 1. The molecule has 3 atom stereocenters. The van der Waals surface area contributed by atoms with Crippen molar-refractivity contribution < 1.29 is 19.0 Å². The third-order valence-corrected chi connectivity index (χ3v) is 10.5. The van der Waals surface area contributed by atoms with Crippen molar-refractivity contribution in [2.24, 2.45) is 16.3 Å². The van der Waals surface area contributed by atoms with Crippen LogP contribution in [-0.4, -0.2) is 66.9 Å². The molecular weight excluding hydrogens is 484 g/mol. The molecule has 4 fully saturated rings. The van der Waals surface area contributed by atoms with Gasteiger partial charge in [0.15, 0.2) is 10.7 Å². The molecule has 7 heteroatoms. The first kappa shape index (κ1) is 24.2. The highest BCUT2D eigenvalue weighted by Crippen LogP contribution is 2.62. The Morgan fingerprint density at radius 3 is 2.51 bits per heavy atom. The molecule has 2 saturated heterocycles. The van der Waals surface area contributed by atoms with Gasteiger partial charge in [-0.15, -0.1) is 0 Å². The third-order valence-electron chi connectivity index (χ3n) is 9.44. The quantitative estimate of drug-likeness (QED) is 0.543. The van der Waals surface area contributed by atoms with Crippen molar-refractivity contribution in [3.8, 4) is 11.8 Å². The Morgan fingerprint density at radius 2 is 1.86 bits per heavy atom. The highest BCUT2D eigenvalue weighted by Gasteiger charge is 2.67. The number of ether oxygens (including phenoxy) is 3. The summed E-state index contributed by atoms with van der Waals surface area (Å²) in [7, 11) is 1.81. The topological polar surface area (TPSA) is 60.4 Å². The molecule has 196 valence electrons. The zero-order valence-electron chi connectivity index (χ0n) is 21.7. The molecule has 3 unspecified atom stereocenters. The van der Waals surface area contributed by atoms with Gasteiger partial charge in [-0.3, -0.25) is 9.69 Å². The summed E-state index contributed by atoms with van der Waals surface area (Å²) < 4.78 is 17.2. The second-order valence-electron chi connectivity index (χ2n) is 11.7. The van der Waals surface area contributed by atoms with E-state index in [9.17, 15) is 4.79 Å². The Kier molecular flexibility index (Phi) is 6.16. The number of methoxy groups -OCH3 is 1. The SMILES string of the molecule is COC1CCC2(CC1)Cc1ccc(C#CC3CC3)cc1C21N=C(SCC2CCO2)N(CC2CCO2)C1=O. The van der Waals surface area contributed by atoms with E-state index < -0.39 is 5.54 Å². The molecular formula is C30H36N2O4S. The van der Waals surface area contributed by atoms with Gasteiger partial charge in [0.25, 0.3) is 5.91 Å². The summed E-state index contributed by atoms with van der Waals surface area (Å²) in [6, 6.07) is 6.57. The zero-order chi connectivity index (χ0) is 25.0. The molecule has 3 heterocycles. The average Bonchev–Trinajstić information content (AvgIpc) is 3.60. The number of aliphatic imine (C=N–C) groups is 1. The lowest BCUT2D eigenvalue weighted by atomic mass is 9.61. The Labute approximate surface area is 223 Å². The van der Waals surface area contributed by atoms with Gasteiger partial charge in [-0.1, -0.05) is 29.7 Å². The Bertz CT molecular complexity index is 1170. The minimum absolute atomic E-state index is 0.0987. The summed E-state index contributed by atoms with van der Waals surface area (Å²) in [5, 5.41) is 0.853. The van der Waals surface area contributed by atoms with Crippen LogP contribution in [0.4, 0.5) is 0 Å². The van der Waals surface area contributed by atoms with Gasteiger partial charge < -0.3 is 14.2 Å². The molecule has 2 saturated carbocycles. The number of hydrogen-bond donors (Lipinski definition) is 0. The van der Waals surface area contributed by atoms with Crippen LogP contribution in [-0.2, 0) is 31.0 Å². The lowest BCUT2D eigenvalue weighted by Gasteiger charge is -2.45. The molecule has 0 N–H and O–H groups in total. The van der Waals surface area contributed by atoms with Crippen LogP contribution < -0.4 is 0 Å².